The summed E-state index contributed by atoms with van der Waals surface area (Å²) in [4.78, 5) is 13.7. The third kappa shape index (κ3) is 2.66. The number of anilines is 2. The van der Waals surface area contributed by atoms with Crippen molar-refractivity contribution in [3.63, 3.8) is 0 Å². The van der Waals surface area contributed by atoms with Crippen LogP contribution in [0.15, 0.2) is 47.1 Å². The van der Waals surface area contributed by atoms with Gasteiger partial charge in [-0.25, -0.2) is 0 Å². The summed E-state index contributed by atoms with van der Waals surface area (Å²) in [5.74, 6) is 0.0642. The van der Waals surface area contributed by atoms with E-state index in [1.165, 1.54) is 6.26 Å². The number of carbonyl (C=O) groups excluding carboxylic acids is 1. The number of rotatable bonds is 3. The molecule has 2 rings (SSSR count). The minimum Gasteiger partial charge on any atom is -0.459 e. The largest absolute Gasteiger partial charge is 0.459 e. The van der Waals surface area contributed by atoms with E-state index in [-0.39, 0.29) is 5.91 Å². The van der Waals surface area contributed by atoms with Crippen molar-refractivity contribution in [3.05, 3.63) is 48.4 Å². The van der Waals surface area contributed by atoms with Crippen molar-refractivity contribution in [1.82, 2.24) is 0 Å². The Morgan fingerprint density at radius 2 is 1.88 bits per heavy atom. The molecule has 4 nitrogen and oxygen atoms in total. The summed E-state index contributed by atoms with van der Waals surface area (Å²) in [5, 5.41) is 2.76. The standard InChI is InChI=1S/C13H14N2O2/c1-15(2)11-7-5-10(6-8-11)14-13(16)12-4-3-9-17-12/h3-9H,1-2H3,(H,14,16). The van der Waals surface area contributed by atoms with E-state index in [1.807, 2.05) is 43.3 Å². The summed E-state index contributed by atoms with van der Waals surface area (Å²) in [7, 11) is 3.94. The minimum absolute atomic E-state index is 0.243. The van der Waals surface area contributed by atoms with Crippen LogP contribution in [0.2, 0.25) is 0 Å². The molecule has 0 fully saturated rings. The normalized spacial score (nSPS) is 10.0. The van der Waals surface area contributed by atoms with E-state index in [1.54, 1.807) is 12.1 Å². The third-order valence-electron chi connectivity index (χ3n) is 2.39. The van der Waals surface area contributed by atoms with Crippen molar-refractivity contribution in [2.45, 2.75) is 0 Å². The average Bonchev–Trinajstić information content (AvgIpc) is 2.83. The molecule has 0 spiro atoms. The first-order valence-electron chi connectivity index (χ1n) is 5.29. The molecule has 1 heterocycles. The van der Waals surface area contributed by atoms with E-state index in [9.17, 15) is 4.79 Å². The minimum atomic E-state index is -0.243. The summed E-state index contributed by atoms with van der Waals surface area (Å²) in [6.45, 7) is 0. The summed E-state index contributed by atoms with van der Waals surface area (Å²) in [5.41, 5.74) is 1.83. The zero-order valence-electron chi connectivity index (χ0n) is 9.81. The molecule has 0 atom stereocenters. The van der Waals surface area contributed by atoms with Crippen LogP contribution in [0.1, 0.15) is 10.6 Å². The zero-order chi connectivity index (χ0) is 12.3. The Hall–Kier alpha value is -2.23. The topological polar surface area (TPSA) is 45.5 Å². The van der Waals surface area contributed by atoms with Gasteiger partial charge in [0, 0.05) is 25.5 Å². The highest BCUT2D eigenvalue weighted by atomic mass is 16.3. The van der Waals surface area contributed by atoms with Gasteiger partial charge in [0.1, 0.15) is 0 Å². The first kappa shape index (κ1) is 11.3. The molecule has 1 aromatic heterocycles. The van der Waals surface area contributed by atoms with Crippen molar-refractivity contribution < 1.29 is 9.21 Å². The first-order valence-corrected chi connectivity index (χ1v) is 5.29. The molecular formula is C13H14N2O2. The summed E-state index contributed by atoms with van der Waals surface area (Å²) < 4.78 is 5.01. The van der Waals surface area contributed by atoms with Crippen molar-refractivity contribution >= 4 is 17.3 Å². The monoisotopic (exact) mass is 230 g/mol. The molecule has 0 radical (unpaired) electrons. The molecule has 0 saturated heterocycles. The zero-order valence-corrected chi connectivity index (χ0v) is 9.81. The molecule has 0 bridgehead atoms. The Morgan fingerprint density at radius 1 is 1.18 bits per heavy atom. The summed E-state index contributed by atoms with van der Waals surface area (Å²) in [6, 6.07) is 10.9. The van der Waals surface area contributed by atoms with Gasteiger partial charge in [-0.15, -0.1) is 0 Å². The van der Waals surface area contributed by atoms with E-state index >= 15 is 0 Å². The van der Waals surface area contributed by atoms with Crippen LogP contribution >= 0.6 is 0 Å². The quantitative estimate of drug-likeness (QED) is 0.881. The fraction of sp³-hybridized carbons (Fsp3) is 0.154. The molecule has 2 aromatic rings. The Kier molecular flexibility index (Phi) is 3.14. The Bertz CT molecular complexity index is 487. The third-order valence-corrected chi connectivity index (χ3v) is 2.39. The number of amides is 1. The van der Waals surface area contributed by atoms with Gasteiger partial charge in [-0.3, -0.25) is 4.79 Å². The van der Waals surface area contributed by atoms with Gasteiger partial charge in [0.25, 0.3) is 5.91 Å². The molecule has 1 amide bonds. The molecule has 0 aliphatic rings. The van der Waals surface area contributed by atoms with Gasteiger partial charge >= 0.3 is 0 Å². The highest BCUT2D eigenvalue weighted by Crippen LogP contribution is 2.16. The van der Waals surface area contributed by atoms with Gasteiger partial charge in [-0.05, 0) is 36.4 Å². The Labute approximate surface area is 99.8 Å². The average molecular weight is 230 g/mol. The number of hydrogen-bond donors (Lipinski definition) is 1. The summed E-state index contributed by atoms with van der Waals surface area (Å²) >= 11 is 0. The maximum atomic E-state index is 11.7. The van der Waals surface area contributed by atoms with Crippen molar-refractivity contribution in [3.8, 4) is 0 Å². The van der Waals surface area contributed by atoms with Crippen LogP contribution in [-0.2, 0) is 0 Å². The predicted molar refractivity (Wildman–Crippen MR) is 67.4 cm³/mol. The van der Waals surface area contributed by atoms with E-state index in [4.69, 9.17) is 4.42 Å². The maximum absolute atomic E-state index is 11.7. The van der Waals surface area contributed by atoms with Gasteiger partial charge in [0.15, 0.2) is 5.76 Å². The van der Waals surface area contributed by atoms with Gasteiger partial charge in [-0.1, -0.05) is 0 Å². The van der Waals surface area contributed by atoms with E-state index in [0.717, 1.165) is 11.4 Å². The second kappa shape index (κ2) is 4.74. The molecule has 0 unspecified atom stereocenters. The second-order valence-corrected chi connectivity index (χ2v) is 3.87. The smallest absolute Gasteiger partial charge is 0.291 e. The van der Waals surface area contributed by atoms with Crippen LogP contribution in [-0.4, -0.2) is 20.0 Å². The number of nitrogens with zero attached hydrogens (tertiary/aromatic N) is 1. The fourth-order valence-corrected chi connectivity index (χ4v) is 1.44. The van der Waals surface area contributed by atoms with Crippen LogP contribution in [0.4, 0.5) is 11.4 Å². The first-order chi connectivity index (χ1) is 8.16. The van der Waals surface area contributed by atoms with Crippen LogP contribution in [0.3, 0.4) is 0 Å². The molecule has 0 aliphatic heterocycles. The molecule has 0 saturated carbocycles. The lowest BCUT2D eigenvalue weighted by Crippen LogP contribution is -2.11. The van der Waals surface area contributed by atoms with E-state index in [2.05, 4.69) is 5.32 Å². The number of nitrogens with one attached hydrogen (secondary N) is 1. The fourth-order valence-electron chi connectivity index (χ4n) is 1.44. The van der Waals surface area contributed by atoms with Crippen LogP contribution in [0, 0.1) is 0 Å². The van der Waals surface area contributed by atoms with Crippen molar-refractivity contribution in [2.24, 2.45) is 0 Å². The van der Waals surface area contributed by atoms with Crippen LogP contribution < -0.4 is 10.2 Å². The molecule has 1 N–H and O–H groups in total. The van der Waals surface area contributed by atoms with Crippen molar-refractivity contribution in [2.75, 3.05) is 24.3 Å². The molecule has 1 aromatic carbocycles. The van der Waals surface area contributed by atoms with Gasteiger partial charge in [0.2, 0.25) is 0 Å². The lowest BCUT2D eigenvalue weighted by atomic mass is 10.2. The van der Waals surface area contributed by atoms with Crippen molar-refractivity contribution in [1.29, 1.82) is 0 Å². The molecule has 88 valence electrons. The lowest BCUT2D eigenvalue weighted by molar-refractivity contribution is 0.0996. The highest BCUT2D eigenvalue weighted by molar-refractivity contribution is 6.02. The second-order valence-electron chi connectivity index (χ2n) is 3.87. The van der Waals surface area contributed by atoms with E-state index < -0.39 is 0 Å². The van der Waals surface area contributed by atoms with Gasteiger partial charge in [0.05, 0.1) is 6.26 Å². The highest BCUT2D eigenvalue weighted by Gasteiger charge is 2.08. The van der Waals surface area contributed by atoms with Gasteiger partial charge in [-0.2, -0.15) is 0 Å². The molecular weight excluding hydrogens is 216 g/mol. The molecule has 17 heavy (non-hydrogen) atoms. The van der Waals surface area contributed by atoms with Gasteiger partial charge < -0.3 is 14.6 Å². The molecule has 4 heteroatoms. The predicted octanol–water partition coefficient (Wildman–Crippen LogP) is 2.60. The Balaban J connectivity index is 2.07. The number of carbonyl (C=O) groups is 1. The number of hydrogen-bond acceptors (Lipinski definition) is 3. The van der Waals surface area contributed by atoms with Crippen LogP contribution in [0.25, 0.3) is 0 Å². The number of furan rings is 1. The van der Waals surface area contributed by atoms with Crippen LogP contribution in [0.5, 0.6) is 0 Å². The maximum Gasteiger partial charge on any atom is 0.291 e. The molecule has 0 aliphatic carbocycles. The SMILES string of the molecule is CN(C)c1ccc(NC(=O)c2ccco2)cc1. The van der Waals surface area contributed by atoms with E-state index in [0.29, 0.717) is 5.76 Å². The lowest BCUT2D eigenvalue weighted by Gasteiger charge is -2.12. The summed E-state index contributed by atoms with van der Waals surface area (Å²) in [6.07, 6.45) is 1.48. The number of benzene rings is 1. The Morgan fingerprint density at radius 3 is 2.41 bits per heavy atom.